The summed E-state index contributed by atoms with van der Waals surface area (Å²) in [5.41, 5.74) is 2.89. The number of rotatable bonds is 4. The highest BCUT2D eigenvalue weighted by Crippen LogP contribution is 2.31. The molecule has 0 radical (unpaired) electrons. The van der Waals surface area contributed by atoms with Crippen molar-refractivity contribution in [3.05, 3.63) is 81.7 Å². The first kappa shape index (κ1) is 19.4. The first-order chi connectivity index (χ1) is 14.0. The predicted octanol–water partition coefficient (Wildman–Crippen LogP) is 5.92. The normalized spacial score (nSPS) is 12.4. The van der Waals surface area contributed by atoms with Gasteiger partial charge in [0.1, 0.15) is 11.0 Å². The molecule has 144 valence electrons. The number of hydrogen-bond donors (Lipinski definition) is 0. The third-order valence-corrected chi connectivity index (χ3v) is 7.14. The maximum absolute atomic E-state index is 12.9. The Bertz CT molecular complexity index is 1410. The van der Waals surface area contributed by atoms with E-state index in [1.807, 2.05) is 36.4 Å². The number of aromatic nitrogens is 1. The summed E-state index contributed by atoms with van der Waals surface area (Å²) < 4.78 is 28.8. The highest BCUT2D eigenvalue weighted by molar-refractivity contribution is 9.10. The molecule has 0 aliphatic carbocycles. The monoisotopic (exact) mass is 464 g/mol. The Labute approximate surface area is 177 Å². The van der Waals surface area contributed by atoms with Crippen molar-refractivity contribution in [3.63, 3.8) is 0 Å². The van der Waals surface area contributed by atoms with E-state index in [0.717, 1.165) is 32.8 Å². The molecule has 0 atom stereocenters. The lowest BCUT2D eigenvalue weighted by molar-refractivity contribution is 0.603. The number of para-hydroxylation sites is 1. The second-order valence-electron chi connectivity index (χ2n) is 6.62. The van der Waals surface area contributed by atoms with Crippen molar-refractivity contribution in [3.8, 4) is 6.07 Å². The van der Waals surface area contributed by atoms with Crippen molar-refractivity contribution in [1.29, 1.82) is 5.26 Å². The number of fused-ring (bicyclic) bond motifs is 3. The molecule has 3 aromatic carbocycles. The average molecular weight is 465 g/mol. The molecular weight excluding hydrogens is 448 g/mol. The van der Waals surface area contributed by atoms with E-state index in [4.69, 9.17) is 0 Å². The predicted molar refractivity (Wildman–Crippen MR) is 120 cm³/mol. The highest BCUT2D eigenvalue weighted by atomic mass is 79.9. The van der Waals surface area contributed by atoms with Crippen LogP contribution in [0.4, 0.5) is 0 Å². The molecule has 4 nitrogen and oxygen atoms in total. The van der Waals surface area contributed by atoms with E-state index in [0.29, 0.717) is 5.56 Å². The molecule has 29 heavy (non-hydrogen) atoms. The molecule has 0 spiro atoms. The van der Waals surface area contributed by atoms with Crippen LogP contribution in [0.3, 0.4) is 0 Å². The van der Waals surface area contributed by atoms with E-state index in [-0.39, 0.29) is 9.80 Å². The Morgan fingerprint density at radius 3 is 2.41 bits per heavy atom. The minimum absolute atomic E-state index is 0.0946. The molecule has 0 aliphatic heterocycles. The van der Waals surface area contributed by atoms with Crippen LogP contribution < -0.4 is 0 Å². The van der Waals surface area contributed by atoms with Gasteiger partial charge in [0.2, 0.25) is 9.84 Å². The summed E-state index contributed by atoms with van der Waals surface area (Å²) in [7, 11) is -3.89. The van der Waals surface area contributed by atoms with Crippen LogP contribution in [0.25, 0.3) is 27.9 Å². The Hall–Kier alpha value is -2.88. The van der Waals surface area contributed by atoms with Crippen LogP contribution in [-0.4, -0.2) is 13.0 Å². The number of halogens is 1. The molecule has 6 heteroatoms. The summed E-state index contributed by atoms with van der Waals surface area (Å²) in [5.74, 6) is 0. The Balaban J connectivity index is 1.87. The lowest BCUT2D eigenvalue weighted by atomic mass is 10.1. The number of allylic oxidation sites excluding steroid dienone is 1. The van der Waals surface area contributed by atoms with Crippen molar-refractivity contribution < 1.29 is 8.42 Å². The number of benzene rings is 3. The highest BCUT2D eigenvalue weighted by Gasteiger charge is 2.21. The lowest BCUT2D eigenvalue weighted by Crippen LogP contribution is -2.03. The van der Waals surface area contributed by atoms with Gasteiger partial charge in [0.25, 0.3) is 0 Å². The van der Waals surface area contributed by atoms with Crippen LogP contribution in [0.2, 0.25) is 0 Å². The number of hydrogen-bond acceptors (Lipinski definition) is 3. The van der Waals surface area contributed by atoms with Gasteiger partial charge in [-0.25, -0.2) is 8.42 Å². The summed E-state index contributed by atoms with van der Waals surface area (Å²) in [5, 5.41) is 11.7. The van der Waals surface area contributed by atoms with Crippen LogP contribution in [0, 0.1) is 11.3 Å². The van der Waals surface area contributed by atoms with E-state index >= 15 is 0 Å². The summed E-state index contributed by atoms with van der Waals surface area (Å²) in [6.45, 7) is 2.93. The van der Waals surface area contributed by atoms with E-state index in [2.05, 4.69) is 39.6 Å². The van der Waals surface area contributed by atoms with Gasteiger partial charge in [-0.3, -0.25) is 0 Å². The minimum atomic E-state index is -3.89. The Morgan fingerprint density at radius 2 is 1.72 bits per heavy atom. The molecule has 0 N–H and O–H groups in total. The second-order valence-corrected chi connectivity index (χ2v) is 9.45. The largest absolute Gasteiger partial charge is 0.341 e. The van der Waals surface area contributed by atoms with Gasteiger partial charge in [-0.2, -0.15) is 5.26 Å². The van der Waals surface area contributed by atoms with Gasteiger partial charge >= 0.3 is 0 Å². The van der Waals surface area contributed by atoms with Crippen molar-refractivity contribution >= 4 is 53.6 Å². The quantitative estimate of drug-likeness (QED) is 0.352. The zero-order chi connectivity index (χ0) is 20.6. The molecule has 0 unspecified atom stereocenters. The number of sulfone groups is 1. The SMILES string of the molecule is CCn1c2ccccc2c2cc(C=C(C#N)S(=O)(=O)c3ccc(Br)cc3)ccc21. The molecule has 0 aliphatic rings. The average Bonchev–Trinajstić information content (AvgIpc) is 3.05. The third-order valence-electron chi connectivity index (χ3n) is 4.93. The summed E-state index contributed by atoms with van der Waals surface area (Å²) in [6.07, 6.45) is 1.44. The summed E-state index contributed by atoms with van der Waals surface area (Å²) >= 11 is 3.29. The zero-order valence-corrected chi connectivity index (χ0v) is 18.0. The van der Waals surface area contributed by atoms with Crippen molar-refractivity contribution in [2.24, 2.45) is 0 Å². The fourth-order valence-electron chi connectivity index (χ4n) is 3.56. The number of nitriles is 1. The Morgan fingerprint density at radius 1 is 1.03 bits per heavy atom. The molecule has 0 bridgehead atoms. The molecule has 0 saturated carbocycles. The summed E-state index contributed by atoms with van der Waals surface area (Å²) in [6, 6.07) is 22.0. The lowest BCUT2D eigenvalue weighted by Gasteiger charge is -2.05. The number of aryl methyl sites for hydroxylation is 1. The van der Waals surface area contributed by atoms with E-state index in [1.165, 1.54) is 18.2 Å². The second kappa shape index (κ2) is 7.51. The maximum atomic E-state index is 12.9. The Kier molecular flexibility index (Phi) is 5.03. The van der Waals surface area contributed by atoms with Crippen molar-refractivity contribution in [2.75, 3.05) is 0 Å². The van der Waals surface area contributed by atoms with Crippen LogP contribution in [0.15, 0.2) is 81.0 Å². The first-order valence-corrected chi connectivity index (χ1v) is 11.4. The topological polar surface area (TPSA) is 62.9 Å². The fourth-order valence-corrected chi connectivity index (χ4v) is 4.99. The van der Waals surface area contributed by atoms with Crippen molar-refractivity contribution in [1.82, 2.24) is 4.57 Å². The van der Waals surface area contributed by atoms with E-state index in [9.17, 15) is 13.7 Å². The fraction of sp³-hybridized carbons (Fsp3) is 0.0870. The molecule has 4 aromatic rings. The molecule has 4 rings (SSSR count). The molecular formula is C23H17BrN2O2S. The van der Waals surface area contributed by atoms with Gasteiger partial charge in [0.05, 0.1) is 4.90 Å². The van der Waals surface area contributed by atoms with Gasteiger partial charge in [0, 0.05) is 32.8 Å². The molecule has 0 saturated heterocycles. The van der Waals surface area contributed by atoms with Gasteiger partial charge in [-0.15, -0.1) is 0 Å². The van der Waals surface area contributed by atoms with Crippen molar-refractivity contribution in [2.45, 2.75) is 18.4 Å². The van der Waals surface area contributed by atoms with Crippen LogP contribution in [0.5, 0.6) is 0 Å². The van der Waals surface area contributed by atoms with Gasteiger partial charge in [0.15, 0.2) is 0 Å². The maximum Gasteiger partial charge on any atom is 0.216 e. The van der Waals surface area contributed by atoms with Crippen LogP contribution in [-0.2, 0) is 16.4 Å². The summed E-state index contributed by atoms with van der Waals surface area (Å²) in [4.78, 5) is -0.185. The zero-order valence-electron chi connectivity index (χ0n) is 15.6. The smallest absolute Gasteiger partial charge is 0.216 e. The molecule has 1 heterocycles. The molecule has 0 amide bonds. The van der Waals surface area contributed by atoms with E-state index in [1.54, 1.807) is 12.1 Å². The van der Waals surface area contributed by atoms with Crippen LogP contribution >= 0.6 is 15.9 Å². The molecule has 1 aromatic heterocycles. The van der Waals surface area contributed by atoms with Gasteiger partial charge in [-0.05, 0) is 61.0 Å². The minimum Gasteiger partial charge on any atom is -0.341 e. The van der Waals surface area contributed by atoms with E-state index < -0.39 is 9.84 Å². The third kappa shape index (κ3) is 3.37. The first-order valence-electron chi connectivity index (χ1n) is 9.09. The van der Waals surface area contributed by atoms with Gasteiger partial charge < -0.3 is 4.57 Å². The standard InChI is InChI=1S/C23H17BrN2O2S/c1-2-26-22-6-4-3-5-20(22)21-14-16(7-12-23(21)26)13-19(15-25)29(27,28)18-10-8-17(24)9-11-18/h3-14H,2H2,1H3. The van der Waals surface area contributed by atoms with Gasteiger partial charge in [-0.1, -0.05) is 40.2 Å². The molecule has 0 fully saturated rings. The van der Waals surface area contributed by atoms with Crippen LogP contribution in [0.1, 0.15) is 12.5 Å². The number of nitrogens with zero attached hydrogens (tertiary/aromatic N) is 2.